The Balaban J connectivity index is 2.20. The van der Waals surface area contributed by atoms with Crippen molar-refractivity contribution in [2.45, 2.75) is 13.3 Å². The van der Waals surface area contributed by atoms with Gasteiger partial charge in [0.2, 0.25) is 0 Å². The summed E-state index contributed by atoms with van der Waals surface area (Å²) in [5.74, 6) is 0.397. The maximum atomic E-state index is 10.9. The lowest BCUT2D eigenvalue weighted by Gasteiger charge is -2.12. The molecule has 0 aromatic heterocycles. The molecule has 2 aromatic carbocycles. The maximum Gasteiger partial charge on any atom is 0.306 e. The summed E-state index contributed by atoms with van der Waals surface area (Å²) >= 11 is 6.29. The molecule has 0 spiro atoms. The van der Waals surface area contributed by atoms with Gasteiger partial charge in [0, 0.05) is 0 Å². The van der Waals surface area contributed by atoms with Gasteiger partial charge in [0.1, 0.15) is 17.2 Å². The molecule has 0 radical (unpaired) electrons. The van der Waals surface area contributed by atoms with E-state index in [0.29, 0.717) is 17.9 Å². The minimum Gasteiger partial charge on any atom is -0.506 e. The molecule has 1 atom stereocenters. The highest BCUT2D eigenvalue weighted by Gasteiger charge is 2.13. The number of halogens is 3. The van der Waals surface area contributed by atoms with E-state index < -0.39 is 11.9 Å². The van der Waals surface area contributed by atoms with E-state index in [1.807, 2.05) is 18.2 Å². The predicted octanol–water partition coefficient (Wildman–Crippen LogP) is 5.26. The third kappa shape index (κ3) is 5.08. The summed E-state index contributed by atoms with van der Waals surface area (Å²) in [5, 5.41) is 18.8. The number of aromatic hydroxyl groups is 1. The first kappa shape index (κ1) is 19.0. The van der Waals surface area contributed by atoms with Crippen LogP contribution >= 0.6 is 67.8 Å². The summed E-state index contributed by atoms with van der Waals surface area (Å²) in [5.41, 5.74) is 0.964. The number of phenols is 1. The minimum atomic E-state index is -0.798. The van der Waals surface area contributed by atoms with Gasteiger partial charge in [-0.2, -0.15) is 0 Å². The molecule has 23 heavy (non-hydrogen) atoms. The normalized spacial score (nSPS) is 12.0. The lowest BCUT2D eigenvalue weighted by atomic mass is 10.0. The highest BCUT2D eigenvalue weighted by atomic mass is 127. The van der Waals surface area contributed by atoms with Crippen molar-refractivity contribution in [1.82, 2.24) is 0 Å². The van der Waals surface area contributed by atoms with Crippen LogP contribution in [-0.4, -0.2) is 16.2 Å². The monoisotopic (exact) mass is 650 g/mol. The molecule has 0 aliphatic heterocycles. The number of aliphatic carboxylic acids is 1. The molecule has 122 valence electrons. The number of hydrogen-bond donors (Lipinski definition) is 2. The Bertz CT molecular complexity index is 723. The Hall–Kier alpha value is -0.300. The second-order valence-corrected chi connectivity index (χ2v) is 8.53. The van der Waals surface area contributed by atoms with Crippen LogP contribution in [0.5, 0.6) is 17.2 Å². The first-order valence-electron chi connectivity index (χ1n) is 6.65. The fourth-order valence-corrected chi connectivity index (χ4v) is 4.32. The van der Waals surface area contributed by atoms with Gasteiger partial charge in [0.15, 0.2) is 0 Å². The number of rotatable bonds is 5. The number of ether oxygens (including phenoxy) is 1. The van der Waals surface area contributed by atoms with Gasteiger partial charge >= 0.3 is 5.97 Å². The van der Waals surface area contributed by atoms with Crippen molar-refractivity contribution in [2.75, 3.05) is 0 Å². The Morgan fingerprint density at radius 1 is 1.13 bits per heavy atom. The lowest BCUT2D eigenvalue weighted by Crippen LogP contribution is -2.12. The Morgan fingerprint density at radius 2 is 1.74 bits per heavy atom. The van der Waals surface area contributed by atoms with Crippen molar-refractivity contribution in [3.8, 4) is 17.2 Å². The lowest BCUT2D eigenvalue weighted by molar-refractivity contribution is -0.141. The molecule has 2 aromatic rings. The van der Waals surface area contributed by atoms with Crippen LogP contribution in [0.15, 0.2) is 30.3 Å². The fourth-order valence-electron chi connectivity index (χ4n) is 1.92. The predicted molar refractivity (Wildman–Crippen MR) is 113 cm³/mol. The van der Waals surface area contributed by atoms with Gasteiger partial charge < -0.3 is 14.9 Å². The molecule has 0 aliphatic rings. The van der Waals surface area contributed by atoms with Crippen LogP contribution < -0.4 is 4.74 Å². The fraction of sp³-hybridized carbons (Fsp3) is 0.188. The number of carbonyl (C=O) groups is 1. The molecule has 4 nitrogen and oxygen atoms in total. The van der Waals surface area contributed by atoms with Crippen LogP contribution in [0.25, 0.3) is 0 Å². The molecule has 0 aliphatic carbocycles. The van der Waals surface area contributed by atoms with E-state index in [1.54, 1.807) is 19.1 Å². The van der Waals surface area contributed by atoms with E-state index >= 15 is 0 Å². The van der Waals surface area contributed by atoms with Gasteiger partial charge in [-0.3, -0.25) is 4.79 Å². The third-order valence-corrected chi connectivity index (χ3v) is 5.67. The topological polar surface area (TPSA) is 66.8 Å². The number of benzene rings is 2. The highest BCUT2D eigenvalue weighted by molar-refractivity contribution is 14.1. The van der Waals surface area contributed by atoms with Gasteiger partial charge in [-0.1, -0.05) is 13.0 Å². The SMILES string of the molecule is C[C@@H](Cc1ccc(Oc2cc(I)c(O)c(I)c2)c(I)c1)C(=O)O. The summed E-state index contributed by atoms with van der Waals surface area (Å²) in [6.45, 7) is 1.69. The number of hydrogen-bond acceptors (Lipinski definition) is 3. The van der Waals surface area contributed by atoms with Crippen molar-refractivity contribution in [3.63, 3.8) is 0 Å². The molecule has 0 saturated carbocycles. The van der Waals surface area contributed by atoms with Gasteiger partial charge in [0.05, 0.1) is 16.6 Å². The van der Waals surface area contributed by atoms with Gasteiger partial charge in [-0.25, -0.2) is 0 Å². The molecule has 2 N–H and O–H groups in total. The average molecular weight is 650 g/mol. The second kappa shape index (κ2) is 8.19. The molecule has 0 fully saturated rings. The van der Waals surface area contributed by atoms with E-state index in [2.05, 4.69) is 67.8 Å². The molecule has 0 unspecified atom stereocenters. The molecule has 7 heteroatoms. The number of carboxylic acids is 1. The van der Waals surface area contributed by atoms with E-state index in [9.17, 15) is 9.90 Å². The summed E-state index contributed by atoms with van der Waals surface area (Å²) < 4.78 is 8.26. The molecule has 0 heterocycles. The molecule has 2 rings (SSSR count). The summed E-state index contributed by atoms with van der Waals surface area (Å²) in [4.78, 5) is 10.9. The van der Waals surface area contributed by atoms with Crippen molar-refractivity contribution in [2.24, 2.45) is 5.92 Å². The molecular formula is C16H13I3O4. The zero-order valence-corrected chi connectivity index (χ0v) is 18.5. The molecule has 0 bridgehead atoms. The minimum absolute atomic E-state index is 0.256. The molecular weight excluding hydrogens is 637 g/mol. The first-order valence-corrected chi connectivity index (χ1v) is 9.88. The van der Waals surface area contributed by atoms with Crippen LogP contribution in [-0.2, 0) is 11.2 Å². The van der Waals surface area contributed by atoms with Crippen LogP contribution in [0, 0.1) is 16.6 Å². The average Bonchev–Trinajstić information content (AvgIpc) is 2.47. The maximum absolute atomic E-state index is 10.9. The largest absolute Gasteiger partial charge is 0.506 e. The first-order chi connectivity index (χ1) is 10.8. The molecule has 0 amide bonds. The Kier molecular flexibility index (Phi) is 6.77. The van der Waals surface area contributed by atoms with Crippen LogP contribution in [0.4, 0.5) is 0 Å². The third-order valence-electron chi connectivity index (χ3n) is 3.18. The summed E-state index contributed by atoms with van der Waals surface area (Å²) in [6, 6.07) is 9.21. The van der Waals surface area contributed by atoms with Crippen LogP contribution in [0.1, 0.15) is 12.5 Å². The van der Waals surface area contributed by atoms with E-state index in [1.165, 1.54) is 0 Å². The van der Waals surface area contributed by atoms with Crippen LogP contribution in [0.3, 0.4) is 0 Å². The van der Waals surface area contributed by atoms with Crippen molar-refractivity contribution in [1.29, 1.82) is 0 Å². The smallest absolute Gasteiger partial charge is 0.306 e. The van der Waals surface area contributed by atoms with E-state index in [4.69, 9.17) is 9.84 Å². The van der Waals surface area contributed by atoms with Crippen molar-refractivity contribution >= 4 is 73.7 Å². The van der Waals surface area contributed by atoms with Crippen molar-refractivity contribution < 1.29 is 19.7 Å². The standard InChI is InChI=1S/C16H13I3O4/c1-8(16(21)22)4-9-2-3-14(11(17)5-9)23-10-6-12(18)15(20)13(19)7-10/h2-3,5-8,20H,4H2,1H3,(H,21,22)/t8-/m0/s1. The molecule has 0 saturated heterocycles. The zero-order valence-electron chi connectivity index (χ0n) is 12.0. The van der Waals surface area contributed by atoms with Crippen molar-refractivity contribution in [3.05, 3.63) is 46.6 Å². The summed E-state index contributed by atoms with van der Waals surface area (Å²) in [6.07, 6.45) is 0.487. The highest BCUT2D eigenvalue weighted by Crippen LogP contribution is 2.34. The Morgan fingerprint density at radius 3 is 2.26 bits per heavy atom. The second-order valence-electron chi connectivity index (χ2n) is 5.05. The van der Waals surface area contributed by atoms with E-state index in [0.717, 1.165) is 16.3 Å². The van der Waals surface area contributed by atoms with Gasteiger partial charge in [0.25, 0.3) is 0 Å². The van der Waals surface area contributed by atoms with Gasteiger partial charge in [-0.15, -0.1) is 0 Å². The van der Waals surface area contributed by atoms with Crippen LogP contribution in [0.2, 0.25) is 0 Å². The Labute approximate surface area is 175 Å². The van der Waals surface area contributed by atoms with E-state index in [-0.39, 0.29) is 5.75 Å². The number of carboxylic acid groups (broad SMARTS) is 1. The van der Waals surface area contributed by atoms with Gasteiger partial charge in [-0.05, 0) is 104 Å². The summed E-state index contributed by atoms with van der Waals surface area (Å²) in [7, 11) is 0. The zero-order chi connectivity index (χ0) is 17.1. The number of phenolic OH excluding ortho intramolecular Hbond substituents is 1. The quantitative estimate of drug-likeness (QED) is 0.434.